The summed E-state index contributed by atoms with van der Waals surface area (Å²) in [4.78, 5) is 14.1. The average molecular weight is 345 g/mol. The first-order chi connectivity index (χ1) is 11.9. The van der Waals surface area contributed by atoms with Crippen molar-refractivity contribution >= 4 is 12.2 Å². The Hall–Kier alpha value is -1.82. The largest absolute Gasteiger partial charge is 0.444 e. The van der Waals surface area contributed by atoms with Gasteiger partial charge in [0.15, 0.2) is 0 Å². The number of likely N-dealkylation sites (tertiary alicyclic amines) is 1. The van der Waals surface area contributed by atoms with Gasteiger partial charge in [-0.05, 0) is 57.1 Å². The number of amides is 1. The van der Waals surface area contributed by atoms with Crippen molar-refractivity contribution in [3.63, 3.8) is 0 Å². The van der Waals surface area contributed by atoms with Gasteiger partial charge < -0.3 is 14.4 Å². The van der Waals surface area contributed by atoms with Crippen molar-refractivity contribution in [3.8, 4) is 0 Å². The zero-order valence-electron chi connectivity index (χ0n) is 15.3. The van der Waals surface area contributed by atoms with Crippen LogP contribution in [0.4, 0.5) is 4.79 Å². The Morgan fingerprint density at radius 1 is 1.32 bits per heavy atom. The van der Waals surface area contributed by atoms with E-state index in [1.807, 2.05) is 31.9 Å². The van der Waals surface area contributed by atoms with E-state index in [4.69, 9.17) is 9.47 Å². The van der Waals surface area contributed by atoms with Crippen molar-refractivity contribution < 1.29 is 14.3 Å². The van der Waals surface area contributed by atoms with Crippen LogP contribution in [0.1, 0.15) is 50.9 Å². The highest BCUT2D eigenvalue weighted by Crippen LogP contribution is 2.42. The maximum absolute atomic E-state index is 12.3. The predicted molar refractivity (Wildman–Crippen MR) is 94.3 cm³/mol. The van der Waals surface area contributed by atoms with Gasteiger partial charge in [-0.15, -0.1) is 0 Å². The fraction of sp³-hybridized carbons (Fsp3) is 0.684. The van der Waals surface area contributed by atoms with Crippen LogP contribution in [-0.4, -0.2) is 52.7 Å². The molecule has 6 heteroatoms. The number of carbonyl (C=O) groups excluding carboxylic acids is 1. The zero-order chi connectivity index (χ0) is 17.7. The molecule has 1 aromatic rings. The molecule has 1 spiro atoms. The number of fused-ring (bicyclic) bond motifs is 1. The fourth-order valence-corrected chi connectivity index (χ4v) is 3.88. The van der Waals surface area contributed by atoms with Crippen molar-refractivity contribution in [2.45, 2.75) is 51.7 Å². The van der Waals surface area contributed by atoms with Gasteiger partial charge in [-0.25, -0.2) is 4.79 Å². The normalized spacial score (nSPS) is 22.6. The Labute approximate surface area is 148 Å². The minimum atomic E-state index is -0.439. The van der Waals surface area contributed by atoms with E-state index in [1.54, 1.807) is 0 Å². The van der Waals surface area contributed by atoms with Gasteiger partial charge in [0.1, 0.15) is 5.60 Å². The van der Waals surface area contributed by atoms with E-state index in [2.05, 4.69) is 21.9 Å². The molecule has 0 N–H and O–H groups in total. The van der Waals surface area contributed by atoms with Crippen molar-refractivity contribution in [2.24, 2.45) is 5.41 Å². The minimum Gasteiger partial charge on any atom is -0.444 e. The van der Waals surface area contributed by atoms with E-state index in [0.29, 0.717) is 6.04 Å². The summed E-state index contributed by atoms with van der Waals surface area (Å²) >= 11 is 0. The third-order valence-electron chi connectivity index (χ3n) is 5.43. The molecule has 0 aromatic carbocycles. The van der Waals surface area contributed by atoms with Crippen molar-refractivity contribution in [3.05, 3.63) is 23.5 Å². The molecule has 0 atom stereocenters. The molecule has 1 aliphatic carbocycles. The Morgan fingerprint density at radius 2 is 2.04 bits per heavy atom. The number of hydrogen-bond acceptors (Lipinski definition) is 4. The second kappa shape index (κ2) is 5.87. The van der Waals surface area contributed by atoms with E-state index in [0.717, 1.165) is 45.6 Å². The van der Waals surface area contributed by atoms with Crippen molar-refractivity contribution in [1.29, 1.82) is 0 Å². The quantitative estimate of drug-likeness (QED) is 0.785. The average Bonchev–Trinajstić information content (AvgIpc) is 2.87. The standard InChI is InChI=1S/C19H27N3O3/c1-18(2,3)25-17(23)21-8-6-19(7-9-21)5-4-16-14(10-19)11-20-22(16)15-12-24-13-15/h4-5,11,15H,6-10,12-13H2,1-3H3. The number of carbonyl (C=O) groups is 1. The lowest BCUT2D eigenvalue weighted by molar-refractivity contribution is -0.0290. The summed E-state index contributed by atoms with van der Waals surface area (Å²) in [6.45, 7) is 8.75. The van der Waals surface area contributed by atoms with Gasteiger partial charge in [0, 0.05) is 13.1 Å². The second-order valence-electron chi connectivity index (χ2n) is 8.53. The Morgan fingerprint density at radius 3 is 2.64 bits per heavy atom. The monoisotopic (exact) mass is 345 g/mol. The number of hydrogen-bond donors (Lipinski definition) is 0. The zero-order valence-corrected chi connectivity index (χ0v) is 15.3. The summed E-state index contributed by atoms with van der Waals surface area (Å²) < 4.78 is 12.9. The van der Waals surface area contributed by atoms with Crippen molar-refractivity contribution in [1.82, 2.24) is 14.7 Å². The van der Waals surface area contributed by atoms with Crippen LogP contribution in [0.2, 0.25) is 0 Å². The molecule has 25 heavy (non-hydrogen) atoms. The molecule has 0 saturated carbocycles. The van der Waals surface area contributed by atoms with E-state index in [1.165, 1.54) is 11.3 Å². The van der Waals surface area contributed by atoms with Crippen LogP contribution in [0.5, 0.6) is 0 Å². The van der Waals surface area contributed by atoms with Gasteiger partial charge in [0.25, 0.3) is 0 Å². The Kier molecular flexibility index (Phi) is 3.90. The maximum Gasteiger partial charge on any atom is 0.410 e. The van der Waals surface area contributed by atoms with Gasteiger partial charge in [0.2, 0.25) is 0 Å². The highest BCUT2D eigenvalue weighted by molar-refractivity contribution is 5.68. The lowest BCUT2D eigenvalue weighted by atomic mass is 9.71. The number of piperidine rings is 1. The molecule has 6 nitrogen and oxygen atoms in total. The van der Waals surface area contributed by atoms with E-state index in [9.17, 15) is 4.79 Å². The summed E-state index contributed by atoms with van der Waals surface area (Å²) in [7, 11) is 0. The lowest BCUT2D eigenvalue weighted by Crippen LogP contribution is -2.45. The summed E-state index contributed by atoms with van der Waals surface area (Å²) in [5, 5.41) is 4.58. The smallest absolute Gasteiger partial charge is 0.410 e. The molecule has 2 aliphatic heterocycles. The molecule has 4 rings (SSSR count). The van der Waals surface area contributed by atoms with Crippen molar-refractivity contribution in [2.75, 3.05) is 26.3 Å². The number of ether oxygens (including phenoxy) is 2. The van der Waals surface area contributed by atoms with E-state index >= 15 is 0 Å². The van der Waals surface area contributed by atoms with Gasteiger partial charge in [0.05, 0.1) is 31.1 Å². The van der Waals surface area contributed by atoms with E-state index in [-0.39, 0.29) is 11.5 Å². The molecule has 3 aliphatic rings. The Balaban J connectivity index is 1.41. The predicted octanol–water partition coefficient (Wildman–Crippen LogP) is 3.04. The molecule has 0 unspecified atom stereocenters. The maximum atomic E-state index is 12.3. The molecular weight excluding hydrogens is 318 g/mol. The minimum absolute atomic E-state index is 0.148. The summed E-state index contributed by atoms with van der Waals surface area (Å²) in [5.74, 6) is 0. The molecule has 2 fully saturated rings. The number of aromatic nitrogens is 2. The molecule has 0 bridgehead atoms. The third kappa shape index (κ3) is 3.19. The second-order valence-corrected chi connectivity index (χ2v) is 8.53. The van der Waals surface area contributed by atoms with E-state index < -0.39 is 5.60 Å². The SMILES string of the molecule is CC(C)(C)OC(=O)N1CCC2(C=Cc3c(cnn3C3COC3)C2)CC1. The van der Waals surface area contributed by atoms with Crippen LogP contribution in [-0.2, 0) is 15.9 Å². The fourth-order valence-electron chi connectivity index (χ4n) is 3.88. The molecule has 3 heterocycles. The van der Waals surface area contributed by atoms with Gasteiger partial charge >= 0.3 is 6.09 Å². The van der Waals surface area contributed by atoms with Gasteiger partial charge in [-0.2, -0.15) is 5.10 Å². The molecule has 1 amide bonds. The Bertz CT molecular complexity index is 689. The van der Waals surface area contributed by atoms with Crippen LogP contribution in [0.15, 0.2) is 12.3 Å². The van der Waals surface area contributed by atoms with Crippen LogP contribution in [0.3, 0.4) is 0 Å². The van der Waals surface area contributed by atoms with Gasteiger partial charge in [-0.3, -0.25) is 4.68 Å². The highest BCUT2D eigenvalue weighted by atomic mass is 16.6. The third-order valence-corrected chi connectivity index (χ3v) is 5.43. The summed E-state index contributed by atoms with van der Waals surface area (Å²) in [6.07, 6.45) is 9.35. The van der Waals surface area contributed by atoms with Crippen LogP contribution < -0.4 is 0 Å². The molecular formula is C19H27N3O3. The molecule has 1 aromatic heterocycles. The highest BCUT2D eigenvalue weighted by Gasteiger charge is 2.38. The number of nitrogens with zero attached hydrogens (tertiary/aromatic N) is 3. The first kappa shape index (κ1) is 16.6. The first-order valence-corrected chi connectivity index (χ1v) is 9.17. The number of allylic oxidation sites excluding steroid dienone is 1. The van der Waals surface area contributed by atoms with Crippen LogP contribution in [0.25, 0.3) is 6.08 Å². The molecule has 136 valence electrons. The van der Waals surface area contributed by atoms with Gasteiger partial charge in [-0.1, -0.05) is 6.08 Å². The lowest BCUT2D eigenvalue weighted by Gasteiger charge is -2.41. The first-order valence-electron chi connectivity index (χ1n) is 9.17. The molecule has 0 radical (unpaired) electrons. The van der Waals surface area contributed by atoms with Crippen LogP contribution >= 0.6 is 0 Å². The summed E-state index contributed by atoms with van der Waals surface area (Å²) in [6, 6.07) is 0.386. The topological polar surface area (TPSA) is 56.6 Å². The summed E-state index contributed by atoms with van der Waals surface area (Å²) in [5.41, 5.74) is 2.26. The molecule has 2 saturated heterocycles. The van der Waals surface area contributed by atoms with Crippen LogP contribution in [0, 0.1) is 5.41 Å². The number of rotatable bonds is 1.